The first-order valence-corrected chi connectivity index (χ1v) is 8.39. The minimum atomic E-state index is -4.81. The number of nitrogens with one attached hydrogen (secondary N) is 2. The molecule has 0 saturated heterocycles. The number of rotatable bonds is 6. The van der Waals surface area contributed by atoms with Gasteiger partial charge in [-0.05, 0) is 25.2 Å². The number of amides is 2. The molecule has 0 spiro atoms. The molecule has 0 aliphatic rings. The molecule has 0 aromatic heterocycles. The SMILES string of the molecule is CN(CC(=O)NNC(=O)c1ccccc1Cl)Cc1ccccc1OC(F)(F)F. The van der Waals surface area contributed by atoms with Crippen molar-refractivity contribution >= 4 is 23.4 Å². The van der Waals surface area contributed by atoms with E-state index in [-0.39, 0.29) is 35.0 Å². The lowest BCUT2D eigenvalue weighted by Crippen LogP contribution is -2.45. The lowest BCUT2D eigenvalue weighted by molar-refractivity contribution is -0.275. The Hall–Kier alpha value is -2.78. The Kier molecular flexibility index (Phi) is 7.24. The zero-order valence-electron chi connectivity index (χ0n) is 14.7. The fraction of sp³-hybridized carbons (Fsp3) is 0.222. The summed E-state index contributed by atoms with van der Waals surface area (Å²) in [5.41, 5.74) is 4.91. The first kappa shape index (κ1) is 21.5. The Morgan fingerprint density at radius 1 is 1.07 bits per heavy atom. The van der Waals surface area contributed by atoms with E-state index in [1.807, 2.05) is 0 Å². The number of halogens is 4. The molecule has 0 heterocycles. The molecular formula is C18H17ClF3N3O3. The van der Waals surface area contributed by atoms with Crippen molar-refractivity contribution in [2.24, 2.45) is 0 Å². The molecular weight excluding hydrogens is 399 g/mol. The van der Waals surface area contributed by atoms with E-state index < -0.39 is 18.2 Å². The van der Waals surface area contributed by atoms with Crippen LogP contribution in [0.15, 0.2) is 48.5 Å². The molecule has 0 unspecified atom stereocenters. The monoisotopic (exact) mass is 415 g/mol. The summed E-state index contributed by atoms with van der Waals surface area (Å²) < 4.78 is 41.4. The summed E-state index contributed by atoms with van der Waals surface area (Å²) in [6.07, 6.45) is -4.81. The Balaban J connectivity index is 1.88. The van der Waals surface area contributed by atoms with Crippen molar-refractivity contribution in [1.29, 1.82) is 0 Å². The summed E-state index contributed by atoms with van der Waals surface area (Å²) in [6, 6.07) is 12.0. The maximum absolute atomic E-state index is 12.5. The number of hydrogen-bond donors (Lipinski definition) is 2. The lowest BCUT2D eigenvalue weighted by Gasteiger charge is -2.19. The first-order valence-electron chi connectivity index (χ1n) is 8.01. The highest BCUT2D eigenvalue weighted by Gasteiger charge is 2.32. The Labute approximate surface area is 164 Å². The number of ether oxygens (including phenoxy) is 1. The van der Waals surface area contributed by atoms with Crippen LogP contribution in [-0.4, -0.2) is 36.7 Å². The number of likely N-dealkylation sites (N-methyl/N-ethyl adjacent to an activating group) is 1. The fourth-order valence-electron chi connectivity index (χ4n) is 2.33. The van der Waals surface area contributed by atoms with Gasteiger partial charge in [-0.2, -0.15) is 0 Å². The molecule has 6 nitrogen and oxygen atoms in total. The van der Waals surface area contributed by atoms with Crippen LogP contribution in [0.25, 0.3) is 0 Å². The molecule has 2 rings (SSSR count). The highest BCUT2D eigenvalue weighted by Crippen LogP contribution is 2.26. The van der Waals surface area contributed by atoms with Crippen molar-refractivity contribution < 1.29 is 27.5 Å². The van der Waals surface area contributed by atoms with Gasteiger partial charge in [0.2, 0.25) is 0 Å². The van der Waals surface area contributed by atoms with Gasteiger partial charge in [0.25, 0.3) is 11.8 Å². The second-order valence-corrected chi connectivity index (χ2v) is 6.22. The van der Waals surface area contributed by atoms with Crippen molar-refractivity contribution in [3.05, 3.63) is 64.7 Å². The van der Waals surface area contributed by atoms with Crippen LogP contribution in [-0.2, 0) is 11.3 Å². The van der Waals surface area contributed by atoms with Crippen LogP contribution in [0.3, 0.4) is 0 Å². The number of alkyl halides is 3. The number of para-hydroxylation sites is 1. The van der Waals surface area contributed by atoms with E-state index in [1.54, 1.807) is 25.2 Å². The molecule has 150 valence electrons. The third-order valence-corrected chi connectivity index (χ3v) is 3.82. The molecule has 0 aliphatic carbocycles. The van der Waals surface area contributed by atoms with Gasteiger partial charge >= 0.3 is 6.36 Å². The quantitative estimate of drug-likeness (QED) is 0.711. The van der Waals surface area contributed by atoms with E-state index >= 15 is 0 Å². The zero-order chi connectivity index (χ0) is 20.7. The average molecular weight is 416 g/mol. The van der Waals surface area contributed by atoms with Gasteiger partial charge in [-0.3, -0.25) is 25.3 Å². The number of carbonyl (C=O) groups is 2. The summed E-state index contributed by atoms with van der Waals surface area (Å²) >= 11 is 5.90. The smallest absolute Gasteiger partial charge is 0.405 e. The van der Waals surface area contributed by atoms with Crippen LogP contribution in [0, 0.1) is 0 Å². The Morgan fingerprint density at radius 2 is 1.71 bits per heavy atom. The fourth-order valence-corrected chi connectivity index (χ4v) is 2.55. The maximum Gasteiger partial charge on any atom is 0.573 e. The van der Waals surface area contributed by atoms with Gasteiger partial charge < -0.3 is 4.74 Å². The second kappa shape index (κ2) is 9.43. The largest absolute Gasteiger partial charge is 0.573 e. The van der Waals surface area contributed by atoms with E-state index in [2.05, 4.69) is 15.6 Å². The topological polar surface area (TPSA) is 70.7 Å². The van der Waals surface area contributed by atoms with Crippen LogP contribution >= 0.6 is 11.6 Å². The van der Waals surface area contributed by atoms with Crippen LogP contribution in [0.1, 0.15) is 15.9 Å². The molecule has 2 aromatic rings. The van der Waals surface area contributed by atoms with Gasteiger partial charge in [-0.1, -0.05) is 41.9 Å². The van der Waals surface area contributed by atoms with Crippen LogP contribution < -0.4 is 15.6 Å². The van der Waals surface area contributed by atoms with Gasteiger partial charge in [0, 0.05) is 12.1 Å². The molecule has 0 fully saturated rings. The number of hydrogen-bond acceptors (Lipinski definition) is 4. The minimum absolute atomic E-state index is 0.0259. The molecule has 2 amide bonds. The molecule has 0 bridgehead atoms. The molecule has 10 heteroatoms. The lowest BCUT2D eigenvalue weighted by atomic mass is 10.2. The zero-order valence-corrected chi connectivity index (χ0v) is 15.5. The van der Waals surface area contributed by atoms with Crippen molar-refractivity contribution in [3.63, 3.8) is 0 Å². The number of hydrazine groups is 1. The van der Waals surface area contributed by atoms with Crippen LogP contribution in [0.4, 0.5) is 13.2 Å². The first-order chi connectivity index (χ1) is 13.2. The maximum atomic E-state index is 12.5. The van der Waals surface area contributed by atoms with Gasteiger partial charge in [0.15, 0.2) is 0 Å². The molecule has 28 heavy (non-hydrogen) atoms. The van der Waals surface area contributed by atoms with Crippen molar-refractivity contribution in [2.45, 2.75) is 12.9 Å². The molecule has 0 saturated carbocycles. The molecule has 2 N–H and O–H groups in total. The third-order valence-electron chi connectivity index (χ3n) is 3.49. The predicted octanol–water partition coefficient (Wildman–Crippen LogP) is 3.13. The number of nitrogens with zero attached hydrogens (tertiary/aromatic N) is 1. The van der Waals surface area contributed by atoms with Crippen molar-refractivity contribution in [3.8, 4) is 5.75 Å². The van der Waals surface area contributed by atoms with E-state index in [1.165, 1.54) is 35.2 Å². The standard InChI is InChI=1S/C18H17ClF3N3O3/c1-25(10-12-6-2-5-9-15(12)28-18(20,21)22)11-16(26)23-24-17(27)13-7-3-4-8-14(13)19/h2-9H,10-11H2,1H3,(H,23,26)(H,24,27). The highest BCUT2D eigenvalue weighted by atomic mass is 35.5. The normalized spacial score (nSPS) is 11.2. The van der Waals surface area contributed by atoms with Crippen molar-refractivity contribution in [2.75, 3.05) is 13.6 Å². The van der Waals surface area contributed by atoms with Gasteiger partial charge in [-0.15, -0.1) is 13.2 Å². The Morgan fingerprint density at radius 3 is 2.39 bits per heavy atom. The summed E-state index contributed by atoms with van der Waals surface area (Å²) in [5.74, 6) is -1.49. The van der Waals surface area contributed by atoms with E-state index in [0.717, 1.165) is 0 Å². The highest BCUT2D eigenvalue weighted by molar-refractivity contribution is 6.33. The second-order valence-electron chi connectivity index (χ2n) is 5.81. The molecule has 0 aliphatic heterocycles. The number of benzene rings is 2. The van der Waals surface area contributed by atoms with E-state index in [9.17, 15) is 22.8 Å². The van der Waals surface area contributed by atoms with Gasteiger partial charge in [0.05, 0.1) is 17.1 Å². The summed E-state index contributed by atoms with van der Waals surface area (Å²) in [6.45, 7) is -0.152. The van der Waals surface area contributed by atoms with E-state index in [4.69, 9.17) is 11.6 Å². The third kappa shape index (κ3) is 6.75. The Bertz CT molecular complexity index is 846. The summed E-state index contributed by atoms with van der Waals surface area (Å²) in [5, 5.41) is 0.229. The molecule has 2 aromatic carbocycles. The van der Waals surface area contributed by atoms with Gasteiger partial charge in [0.1, 0.15) is 5.75 Å². The van der Waals surface area contributed by atoms with Crippen molar-refractivity contribution in [1.82, 2.24) is 15.8 Å². The number of carbonyl (C=O) groups excluding carboxylic acids is 2. The summed E-state index contributed by atoms with van der Waals surface area (Å²) in [4.78, 5) is 25.4. The van der Waals surface area contributed by atoms with E-state index in [0.29, 0.717) is 0 Å². The minimum Gasteiger partial charge on any atom is -0.405 e. The molecule has 0 radical (unpaired) electrons. The van der Waals surface area contributed by atoms with Crippen LogP contribution in [0.5, 0.6) is 5.75 Å². The molecule has 0 atom stereocenters. The van der Waals surface area contributed by atoms with Crippen LogP contribution in [0.2, 0.25) is 5.02 Å². The van der Waals surface area contributed by atoms with Gasteiger partial charge in [-0.25, -0.2) is 0 Å². The summed E-state index contributed by atoms with van der Waals surface area (Å²) in [7, 11) is 1.54. The average Bonchev–Trinajstić information content (AvgIpc) is 2.60. The predicted molar refractivity (Wildman–Crippen MR) is 96.5 cm³/mol.